The Morgan fingerprint density at radius 1 is 1.32 bits per heavy atom. The lowest BCUT2D eigenvalue weighted by Crippen LogP contribution is -2.36. The summed E-state index contributed by atoms with van der Waals surface area (Å²) in [7, 11) is 1.19. The Labute approximate surface area is 149 Å². The number of methoxy groups -OCH3 is 1. The van der Waals surface area contributed by atoms with Gasteiger partial charge in [-0.2, -0.15) is 0 Å². The van der Waals surface area contributed by atoms with Gasteiger partial charge in [-0.1, -0.05) is 30.8 Å². The van der Waals surface area contributed by atoms with Crippen molar-refractivity contribution in [1.82, 2.24) is 14.9 Å². The van der Waals surface area contributed by atoms with E-state index in [1.54, 1.807) is 29.7 Å². The molecule has 0 spiro atoms. The third kappa shape index (κ3) is 4.19. The molecule has 0 bridgehead atoms. The summed E-state index contributed by atoms with van der Waals surface area (Å²) in [6.07, 6.45) is -0.0702. The van der Waals surface area contributed by atoms with Crippen molar-refractivity contribution in [1.29, 1.82) is 0 Å². The highest BCUT2D eigenvalue weighted by atomic mass is 32.2. The van der Waals surface area contributed by atoms with Gasteiger partial charge in [0.25, 0.3) is 5.56 Å². The van der Waals surface area contributed by atoms with Crippen LogP contribution in [0, 0.1) is 0 Å². The van der Waals surface area contributed by atoms with Crippen molar-refractivity contribution in [2.75, 3.05) is 7.11 Å². The van der Waals surface area contributed by atoms with Gasteiger partial charge in [-0.05, 0) is 32.4 Å². The second-order valence-electron chi connectivity index (χ2n) is 5.58. The highest BCUT2D eigenvalue weighted by Crippen LogP contribution is 2.25. The summed E-state index contributed by atoms with van der Waals surface area (Å²) < 4.78 is 6.03. The smallest absolute Gasteiger partial charge is 0.413 e. The summed E-state index contributed by atoms with van der Waals surface area (Å²) in [5.74, 6) is -0.505. The van der Waals surface area contributed by atoms with Crippen molar-refractivity contribution in [2.24, 2.45) is 0 Å². The lowest BCUT2D eigenvalue weighted by Gasteiger charge is -2.19. The molecule has 2 atom stereocenters. The van der Waals surface area contributed by atoms with Crippen LogP contribution in [0.1, 0.15) is 33.2 Å². The maximum absolute atomic E-state index is 12.9. The minimum Gasteiger partial charge on any atom is -0.453 e. The number of aromatic nitrogens is 2. The largest absolute Gasteiger partial charge is 0.453 e. The maximum Gasteiger partial charge on any atom is 0.413 e. The Morgan fingerprint density at radius 2 is 2.00 bits per heavy atom. The van der Waals surface area contributed by atoms with Crippen molar-refractivity contribution in [3.63, 3.8) is 0 Å². The molecule has 7 nitrogen and oxygen atoms in total. The summed E-state index contributed by atoms with van der Waals surface area (Å²) in [5.41, 5.74) is 0.443. The van der Waals surface area contributed by atoms with E-state index in [1.807, 2.05) is 19.9 Å². The van der Waals surface area contributed by atoms with Gasteiger partial charge >= 0.3 is 6.09 Å². The number of carbonyl (C=O) groups excluding carboxylic acids is 2. The SMILES string of the molecule is CC[C@@H](C)n1c(S[C@H](C)C(=O)NC(=O)OC)nc2ccccc2c1=O. The van der Waals surface area contributed by atoms with Gasteiger partial charge in [-0.15, -0.1) is 0 Å². The first-order chi connectivity index (χ1) is 11.9. The summed E-state index contributed by atoms with van der Waals surface area (Å²) in [4.78, 5) is 40.7. The second-order valence-corrected chi connectivity index (χ2v) is 6.89. The number of benzene rings is 1. The number of hydrogen-bond acceptors (Lipinski definition) is 6. The van der Waals surface area contributed by atoms with Gasteiger partial charge < -0.3 is 4.74 Å². The molecule has 0 saturated heterocycles. The van der Waals surface area contributed by atoms with E-state index in [0.717, 1.165) is 18.2 Å². The van der Waals surface area contributed by atoms with E-state index in [9.17, 15) is 14.4 Å². The number of nitrogens with one attached hydrogen (secondary N) is 1. The fraction of sp³-hybridized carbons (Fsp3) is 0.412. The Hall–Kier alpha value is -2.35. The fourth-order valence-corrected chi connectivity index (χ4v) is 3.25. The molecule has 25 heavy (non-hydrogen) atoms. The molecule has 0 aliphatic rings. The van der Waals surface area contributed by atoms with Gasteiger partial charge in [-0.25, -0.2) is 9.78 Å². The number of fused-ring (bicyclic) bond motifs is 1. The molecule has 0 unspecified atom stereocenters. The normalized spacial score (nSPS) is 13.3. The second kappa shape index (κ2) is 8.15. The van der Waals surface area contributed by atoms with Crippen LogP contribution in [-0.4, -0.2) is 33.9 Å². The van der Waals surface area contributed by atoms with Crippen molar-refractivity contribution in [3.8, 4) is 0 Å². The molecule has 8 heteroatoms. The number of thioether (sulfide) groups is 1. The van der Waals surface area contributed by atoms with Gasteiger partial charge in [-0.3, -0.25) is 19.5 Å². The first kappa shape index (κ1) is 19.0. The molecule has 1 aromatic heterocycles. The monoisotopic (exact) mass is 363 g/mol. The standard InChI is InChI=1S/C17H21N3O4S/c1-5-10(2)20-15(22)12-8-6-7-9-13(12)18-16(20)25-11(3)14(21)19-17(23)24-4/h6-11H,5H2,1-4H3,(H,19,21,23)/t10-,11-/m1/s1. The molecule has 0 aliphatic heterocycles. The van der Waals surface area contributed by atoms with Gasteiger partial charge in [0.2, 0.25) is 5.91 Å². The first-order valence-electron chi connectivity index (χ1n) is 7.95. The van der Waals surface area contributed by atoms with E-state index in [0.29, 0.717) is 16.1 Å². The third-order valence-electron chi connectivity index (χ3n) is 3.87. The predicted octanol–water partition coefficient (Wildman–Crippen LogP) is 2.73. The fourth-order valence-electron chi connectivity index (χ4n) is 2.24. The highest BCUT2D eigenvalue weighted by Gasteiger charge is 2.22. The van der Waals surface area contributed by atoms with E-state index < -0.39 is 17.3 Å². The maximum atomic E-state index is 12.9. The molecule has 0 fully saturated rings. The van der Waals surface area contributed by atoms with Crippen LogP contribution in [0.15, 0.2) is 34.2 Å². The zero-order chi connectivity index (χ0) is 18.6. The van der Waals surface area contributed by atoms with Crippen LogP contribution in [0.3, 0.4) is 0 Å². The number of amides is 2. The summed E-state index contributed by atoms with van der Waals surface area (Å²) in [6, 6.07) is 7.05. The number of nitrogens with zero attached hydrogens (tertiary/aromatic N) is 2. The van der Waals surface area contributed by atoms with Gasteiger partial charge in [0, 0.05) is 6.04 Å². The molecule has 2 amide bonds. The van der Waals surface area contributed by atoms with Crippen LogP contribution in [0.25, 0.3) is 10.9 Å². The number of imide groups is 1. The van der Waals surface area contributed by atoms with Gasteiger partial charge in [0.05, 0.1) is 23.3 Å². The molecule has 0 saturated carbocycles. The van der Waals surface area contributed by atoms with Crippen molar-refractivity contribution < 1.29 is 14.3 Å². The molecule has 1 aromatic carbocycles. The van der Waals surface area contributed by atoms with Crippen molar-refractivity contribution >= 4 is 34.7 Å². The molecule has 1 heterocycles. The van der Waals surface area contributed by atoms with Crippen LogP contribution in [0.2, 0.25) is 0 Å². The van der Waals surface area contributed by atoms with Crippen LogP contribution >= 0.6 is 11.8 Å². The van der Waals surface area contributed by atoms with Gasteiger partial charge in [0.1, 0.15) is 0 Å². The molecule has 0 aliphatic carbocycles. The number of carbonyl (C=O) groups is 2. The Balaban J connectivity index is 2.43. The lowest BCUT2D eigenvalue weighted by molar-refractivity contribution is -0.119. The van der Waals surface area contributed by atoms with Crippen LogP contribution < -0.4 is 10.9 Å². The van der Waals surface area contributed by atoms with Gasteiger partial charge in [0.15, 0.2) is 5.16 Å². The minimum absolute atomic E-state index is 0.0667. The van der Waals surface area contributed by atoms with E-state index in [1.165, 1.54) is 7.11 Å². The van der Waals surface area contributed by atoms with E-state index in [2.05, 4.69) is 15.0 Å². The van der Waals surface area contributed by atoms with Crippen molar-refractivity contribution in [3.05, 3.63) is 34.6 Å². The number of ether oxygens (including phenoxy) is 1. The summed E-state index contributed by atoms with van der Waals surface area (Å²) in [5, 5.41) is 2.50. The van der Waals surface area contributed by atoms with Crippen LogP contribution in [-0.2, 0) is 9.53 Å². The third-order valence-corrected chi connectivity index (χ3v) is 4.94. The van der Waals surface area contributed by atoms with E-state index >= 15 is 0 Å². The van der Waals surface area contributed by atoms with Crippen LogP contribution in [0.5, 0.6) is 0 Å². The van der Waals surface area contributed by atoms with Crippen LogP contribution in [0.4, 0.5) is 4.79 Å². The zero-order valence-electron chi connectivity index (χ0n) is 14.6. The quantitative estimate of drug-likeness (QED) is 0.649. The number of para-hydroxylation sites is 1. The molecule has 134 valence electrons. The van der Waals surface area contributed by atoms with Crippen molar-refractivity contribution in [2.45, 2.75) is 43.6 Å². The molecular formula is C17H21N3O4S. The van der Waals surface area contributed by atoms with E-state index in [4.69, 9.17) is 0 Å². The topological polar surface area (TPSA) is 90.3 Å². The minimum atomic E-state index is -0.816. The summed E-state index contributed by atoms with van der Waals surface area (Å²) >= 11 is 1.14. The number of alkyl carbamates (subject to hydrolysis) is 1. The molecule has 1 N–H and O–H groups in total. The lowest BCUT2D eigenvalue weighted by atomic mass is 10.2. The predicted molar refractivity (Wildman–Crippen MR) is 96.9 cm³/mol. The Kier molecular flexibility index (Phi) is 6.19. The first-order valence-corrected chi connectivity index (χ1v) is 8.83. The highest BCUT2D eigenvalue weighted by molar-refractivity contribution is 8.00. The Bertz CT molecular complexity index is 849. The summed E-state index contributed by atoms with van der Waals surface area (Å²) in [6.45, 7) is 5.56. The molecular weight excluding hydrogens is 342 g/mol. The Morgan fingerprint density at radius 3 is 2.64 bits per heavy atom. The molecule has 0 radical (unpaired) electrons. The number of hydrogen-bond donors (Lipinski definition) is 1. The van der Waals surface area contributed by atoms with E-state index in [-0.39, 0.29) is 11.6 Å². The molecule has 2 rings (SSSR count). The molecule has 2 aromatic rings. The average molecular weight is 363 g/mol. The average Bonchev–Trinajstić information content (AvgIpc) is 2.61. The number of rotatable bonds is 5. The zero-order valence-corrected chi connectivity index (χ0v) is 15.4.